The van der Waals surface area contributed by atoms with Crippen LogP contribution in [0.25, 0.3) is 0 Å². The van der Waals surface area contributed by atoms with Gasteiger partial charge < -0.3 is 10.7 Å². The summed E-state index contributed by atoms with van der Waals surface area (Å²) >= 11 is 0. The summed E-state index contributed by atoms with van der Waals surface area (Å²) in [5, 5.41) is 0. The van der Waals surface area contributed by atoms with Gasteiger partial charge in [-0.3, -0.25) is 4.98 Å². The summed E-state index contributed by atoms with van der Waals surface area (Å²) in [5.41, 5.74) is 5.69. The molecule has 0 saturated heterocycles. The van der Waals surface area contributed by atoms with Crippen LogP contribution in [0.1, 0.15) is 5.69 Å². The highest BCUT2D eigenvalue weighted by molar-refractivity contribution is 5.31. The zero-order chi connectivity index (χ0) is 6.15. The van der Waals surface area contributed by atoms with Crippen LogP contribution in [-0.2, 0) is 0 Å². The van der Waals surface area contributed by atoms with Gasteiger partial charge in [0.1, 0.15) is 5.82 Å². The van der Waals surface area contributed by atoms with Gasteiger partial charge in [-0.2, -0.15) is 0 Å². The van der Waals surface area contributed by atoms with E-state index in [-0.39, 0.29) is 5.69 Å². The number of nitrogens with one attached hydrogen (secondary N) is 2. The molecule has 0 aliphatic heterocycles. The summed E-state index contributed by atoms with van der Waals surface area (Å²) in [6.07, 6.45) is 0. The molecule has 0 spiro atoms. The lowest BCUT2D eigenvalue weighted by Gasteiger charge is -1.80. The molecule has 4 nitrogen and oxygen atoms in total. The van der Waals surface area contributed by atoms with E-state index in [0.29, 0.717) is 11.5 Å². The van der Waals surface area contributed by atoms with Crippen LogP contribution >= 0.6 is 0 Å². The Hall–Kier alpha value is -1.19. The van der Waals surface area contributed by atoms with Crippen molar-refractivity contribution in [1.29, 1.82) is 0 Å². The Morgan fingerprint density at radius 3 is 2.25 bits per heavy atom. The second kappa shape index (κ2) is 1.40. The first kappa shape index (κ1) is 4.96. The molecule has 0 aliphatic rings. The van der Waals surface area contributed by atoms with Crippen LogP contribution in [0, 0.1) is 6.92 Å². The highest BCUT2D eigenvalue weighted by Crippen LogP contribution is 1.94. The fraction of sp³-hybridized carbons (Fsp3) is 0.250. The molecular formula is C4H7N3O. The summed E-state index contributed by atoms with van der Waals surface area (Å²) in [4.78, 5) is 15.2. The molecule has 0 radical (unpaired) electrons. The number of nitrogen functional groups attached to an aromatic ring is 1. The molecule has 0 unspecified atom stereocenters. The van der Waals surface area contributed by atoms with Crippen LogP contribution in [0.5, 0.6) is 0 Å². The number of nitrogens with two attached hydrogens (primary N) is 1. The number of aryl methyl sites for hydroxylation is 1. The third kappa shape index (κ3) is 0.598. The Labute approximate surface area is 45.7 Å². The van der Waals surface area contributed by atoms with Gasteiger partial charge in [-0.05, 0) is 6.92 Å². The predicted octanol–water partition coefficient (Wildman–Crippen LogP) is -0.406. The van der Waals surface area contributed by atoms with Gasteiger partial charge >= 0.3 is 5.69 Å². The number of hydrogen-bond donors (Lipinski definition) is 3. The second-order valence-corrected chi connectivity index (χ2v) is 1.62. The van der Waals surface area contributed by atoms with E-state index in [1.807, 2.05) is 0 Å². The molecule has 44 valence electrons. The Kier molecular flexibility index (Phi) is 0.865. The lowest BCUT2D eigenvalue weighted by Crippen LogP contribution is -2.00. The number of H-pyrrole nitrogens is 2. The second-order valence-electron chi connectivity index (χ2n) is 1.62. The average molecular weight is 113 g/mol. The van der Waals surface area contributed by atoms with E-state index in [4.69, 9.17) is 5.73 Å². The third-order valence-corrected chi connectivity index (χ3v) is 0.953. The molecule has 4 heteroatoms. The number of hydrogen-bond acceptors (Lipinski definition) is 2. The molecule has 8 heavy (non-hydrogen) atoms. The van der Waals surface area contributed by atoms with Crippen LogP contribution in [-0.4, -0.2) is 9.97 Å². The Bertz CT molecular complexity index is 211. The Morgan fingerprint density at radius 1 is 1.50 bits per heavy atom. The molecule has 0 bridgehead atoms. The van der Waals surface area contributed by atoms with E-state index >= 15 is 0 Å². The quantitative estimate of drug-likeness (QED) is 0.428. The van der Waals surface area contributed by atoms with Crippen molar-refractivity contribution in [3.63, 3.8) is 0 Å². The largest absolute Gasteiger partial charge is 0.384 e. The Morgan fingerprint density at radius 2 is 2.12 bits per heavy atom. The maximum Gasteiger partial charge on any atom is 0.324 e. The number of anilines is 1. The molecular weight excluding hydrogens is 106 g/mol. The van der Waals surface area contributed by atoms with Crippen LogP contribution in [0.3, 0.4) is 0 Å². The van der Waals surface area contributed by atoms with Gasteiger partial charge in [0.2, 0.25) is 0 Å². The topological polar surface area (TPSA) is 74.7 Å². The molecule has 1 rings (SSSR count). The monoisotopic (exact) mass is 113 g/mol. The minimum absolute atomic E-state index is 0.250. The summed E-state index contributed by atoms with van der Waals surface area (Å²) in [6.45, 7) is 1.73. The SMILES string of the molecule is Cc1[nH]c(=O)[nH]c1N. The summed E-state index contributed by atoms with van der Waals surface area (Å²) < 4.78 is 0. The van der Waals surface area contributed by atoms with Crippen molar-refractivity contribution in [1.82, 2.24) is 9.97 Å². The first-order valence-corrected chi connectivity index (χ1v) is 2.24. The zero-order valence-electron chi connectivity index (χ0n) is 4.49. The molecule has 1 aromatic heterocycles. The lowest BCUT2D eigenvalue weighted by atomic mass is 10.5. The van der Waals surface area contributed by atoms with Gasteiger partial charge in [0.15, 0.2) is 0 Å². The van der Waals surface area contributed by atoms with Gasteiger partial charge in [-0.15, -0.1) is 0 Å². The molecule has 0 aliphatic carbocycles. The average Bonchev–Trinajstić information content (AvgIpc) is 1.85. The van der Waals surface area contributed by atoms with Crippen LogP contribution < -0.4 is 11.4 Å². The molecule has 1 heterocycles. The fourth-order valence-corrected chi connectivity index (χ4v) is 0.485. The molecule has 1 aromatic rings. The highest BCUT2D eigenvalue weighted by Gasteiger charge is 1.92. The molecule has 0 atom stereocenters. The first-order chi connectivity index (χ1) is 3.70. The highest BCUT2D eigenvalue weighted by atomic mass is 16.1. The van der Waals surface area contributed by atoms with Crippen LogP contribution in [0.4, 0.5) is 5.82 Å². The molecule has 0 aromatic carbocycles. The number of rotatable bonds is 0. The maximum absolute atomic E-state index is 10.3. The van der Waals surface area contributed by atoms with Crippen molar-refractivity contribution in [2.24, 2.45) is 0 Å². The molecule has 0 amide bonds. The van der Waals surface area contributed by atoms with Crippen LogP contribution in [0.15, 0.2) is 4.79 Å². The van der Waals surface area contributed by atoms with Gasteiger partial charge in [0.25, 0.3) is 0 Å². The maximum atomic E-state index is 10.3. The minimum Gasteiger partial charge on any atom is -0.384 e. The van der Waals surface area contributed by atoms with Crippen LogP contribution in [0.2, 0.25) is 0 Å². The normalized spacial score (nSPS) is 9.62. The van der Waals surface area contributed by atoms with Gasteiger partial charge in [0, 0.05) is 0 Å². The number of aromatic amines is 2. The van der Waals surface area contributed by atoms with Gasteiger partial charge in [0.05, 0.1) is 5.69 Å². The van der Waals surface area contributed by atoms with Crippen molar-refractivity contribution in [3.05, 3.63) is 16.2 Å². The smallest absolute Gasteiger partial charge is 0.324 e. The summed E-state index contributed by atoms with van der Waals surface area (Å²) in [7, 11) is 0. The molecule has 0 fully saturated rings. The van der Waals surface area contributed by atoms with E-state index < -0.39 is 0 Å². The van der Waals surface area contributed by atoms with E-state index in [0.717, 1.165) is 0 Å². The van der Waals surface area contributed by atoms with Crippen molar-refractivity contribution in [3.8, 4) is 0 Å². The number of imidazole rings is 1. The van der Waals surface area contributed by atoms with Crippen molar-refractivity contribution in [2.45, 2.75) is 6.92 Å². The third-order valence-electron chi connectivity index (χ3n) is 0.953. The van der Waals surface area contributed by atoms with E-state index in [1.165, 1.54) is 0 Å². The summed E-state index contributed by atoms with van der Waals surface area (Å²) in [6, 6.07) is 0. The Balaban J connectivity index is 3.35. The van der Waals surface area contributed by atoms with E-state index in [2.05, 4.69) is 9.97 Å². The van der Waals surface area contributed by atoms with Crippen molar-refractivity contribution in [2.75, 3.05) is 5.73 Å². The van der Waals surface area contributed by atoms with Crippen molar-refractivity contribution < 1.29 is 0 Å². The predicted molar refractivity (Wildman–Crippen MR) is 30.6 cm³/mol. The zero-order valence-corrected chi connectivity index (χ0v) is 4.49. The standard InChI is InChI=1S/C4H7N3O/c1-2-3(5)7-4(8)6-2/h5H2,1H3,(H2,6,7,8). The van der Waals surface area contributed by atoms with E-state index in [1.54, 1.807) is 6.92 Å². The van der Waals surface area contributed by atoms with Crippen molar-refractivity contribution >= 4 is 5.82 Å². The fourth-order valence-electron chi connectivity index (χ4n) is 0.485. The van der Waals surface area contributed by atoms with E-state index in [9.17, 15) is 4.79 Å². The minimum atomic E-state index is -0.250. The van der Waals surface area contributed by atoms with Gasteiger partial charge in [-0.1, -0.05) is 0 Å². The number of aromatic nitrogens is 2. The molecule has 4 N–H and O–H groups in total. The lowest BCUT2D eigenvalue weighted by molar-refractivity contribution is 1.16. The van der Waals surface area contributed by atoms with Gasteiger partial charge in [-0.25, -0.2) is 4.79 Å². The molecule has 0 saturated carbocycles. The first-order valence-electron chi connectivity index (χ1n) is 2.24. The summed E-state index contributed by atoms with van der Waals surface area (Å²) in [5.74, 6) is 0.412.